The van der Waals surface area contributed by atoms with Crippen LogP contribution >= 0.6 is 0 Å². The molecule has 0 spiro atoms. The van der Waals surface area contributed by atoms with Gasteiger partial charge in [0.15, 0.2) is 5.69 Å². The van der Waals surface area contributed by atoms with Crippen molar-refractivity contribution in [2.75, 3.05) is 5.32 Å². The SMILES string of the molecule is Cc1ccc(NC(=O)C(CC2CCCC2)n2cc(C)c(C(F)(F)F)n2)nc1. The Morgan fingerprint density at radius 2 is 2.00 bits per heavy atom. The molecule has 0 saturated heterocycles. The summed E-state index contributed by atoms with van der Waals surface area (Å²) in [6.45, 7) is 3.24. The smallest absolute Gasteiger partial charge is 0.309 e. The maximum absolute atomic E-state index is 13.1. The molecule has 0 radical (unpaired) electrons. The van der Waals surface area contributed by atoms with Gasteiger partial charge >= 0.3 is 6.18 Å². The third kappa shape index (κ3) is 4.67. The number of pyridine rings is 1. The maximum atomic E-state index is 13.1. The van der Waals surface area contributed by atoms with E-state index in [1.54, 1.807) is 12.3 Å². The van der Waals surface area contributed by atoms with Crippen LogP contribution in [0.2, 0.25) is 0 Å². The van der Waals surface area contributed by atoms with Gasteiger partial charge in [0.25, 0.3) is 0 Å². The van der Waals surface area contributed by atoms with E-state index in [9.17, 15) is 18.0 Å². The van der Waals surface area contributed by atoms with Crippen molar-refractivity contribution in [3.05, 3.63) is 41.3 Å². The van der Waals surface area contributed by atoms with Gasteiger partial charge in [-0.15, -0.1) is 0 Å². The minimum Gasteiger partial charge on any atom is -0.309 e. The molecule has 1 aliphatic carbocycles. The molecule has 1 aliphatic rings. The number of alkyl halides is 3. The van der Waals surface area contributed by atoms with E-state index < -0.39 is 23.8 Å². The predicted octanol–water partition coefficient (Wildman–Crippen LogP) is 4.67. The number of carbonyl (C=O) groups is 1. The highest BCUT2D eigenvalue weighted by Crippen LogP contribution is 2.35. The second-order valence-corrected chi connectivity index (χ2v) is 7.25. The molecule has 1 unspecified atom stereocenters. The molecule has 2 aromatic heterocycles. The maximum Gasteiger partial charge on any atom is 0.435 e. The van der Waals surface area contributed by atoms with Crippen LogP contribution in [-0.4, -0.2) is 20.7 Å². The predicted molar refractivity (Wildman–Crippen MR) is 95.2 cm³/mol. The van der Waals surface area contributed by atoms with Crippen molar-refractivity contribution in [2.45, 2.75) is 58.2 Å². The summed E-state index contributed by atoms with van der Waals surface area (Å²) in [6.07, 6.45) is 3.01. The summed E-state index contributed by atoms with van der Waals surface area (Å²) in [5, 5.41) is 6.43. The lowest BCUT2D eigenvalue weighted by Crippen LogP contribution is -2.29. The lowest BCUT2D eigenvalue weighted by atomic mass is 9.98. The quantitative estimate of drug-likeness (QED) is 0.820. The van der Waals surface area contributed by atoms with Crippen LogP contribution < -0.4 is 5.32 Å². The lowest BCUT2D eigenvalue weighted by molar-refractivity contribution is -0.142. The third-order valence-corrected chi connectivity index (χ3v) is 5.00. The standard InChI is InChI=1S/C19H23F3N4O/c1-12-7-8-16(23-10-12)24-18(27)15(9-14-5-3-4-6-14)26-11-13(2)17(25-26)19(20,21)22/h7-8,10-11,14-15H,3-6,9H2,1-2H3,(H,23,24,27). The summed E-state index contributed by atoms with van der Waals surface area (Å²) in [5.41, 5.74) is 0.0217. The molecule has 1 amide bonds. The van der Waals surface area contributed by atoms with E-state index in [1.807, 2.05) is 13.0 Å². The number of aromatic nitrogens is 3. The van der Waals surface area contributed by atoms with E-state index >= 15 is 0 Å². The summed E-state index contributed by atoms with van der Waals surface area (Å²) in [6, 6.07) is 2.69. The van der Waals surface area contributed by atoms with Crippen LogP contribution in [-0.2, 0) is 11.0 Å². The van der Waals surface area contributed by atoms with E-state index in [2.05, 4.69) is 15.4 Å². The van der Waals surface area contributed by atoms with Gasteiger partial charge in [-0.25, -0.2) is 4.98 Å². The van der Waals surface area contributed by atoms with Gasteiger partial charge in [0, 0.05) is 12.4 Å². The molecular weight excluding hydrogens is 357 g/mol. The Morgan fingerprint density at radius 3 is 2.56 bits per heavy atom. The first-order chi connectivity index (χ1) is 12.7. The molecule has 1 N–H and O–H groups in total. The summed E-state index contributed by atoms with van der Waals surface area (Å²) in [7, 11) is 0. The van der Waals surface area contributed by atoms with Gasteiger partial charge in [-0.3, -0.25) is 9.48 Å². The largest absolute Gasteiger partial charge is 0.435 e. The summed E-state index contributed by atoms with van der Waals surface area (Å²) < 4.78 is 40.6. The fourth-order valence-electron chi connectivity index (χ4n) is 3.57. The van der Waals surface area contributed by atoms with E-state index in [-0.39, 0.29) is 5.56 Å². The second-order valence-electron chi connectivity index (χ2n) is 7.25. The molecule has 1 atom stereocenters. The number of nitrogens with one attached hydrogen (secondary N) is 1. The average molecular weight is 380 g/mol. The molecule has 0 aromatic carbocycles. The van der Waals surface area contributed by atoms with Gasteiger partial charge in [-0.2, -0.15) is 18.3 Å². The normalized spacial score (nSPS) is 16.5. The van der Waals surface area contributed by atoms with Gasteiger partial charge in [-0.1, -0.05) is 31.7 Å². The van der Waals surface area contributed by atoms with Crippen LogP contribution in [0.5, 0.6) is 0 Å². The molecule has 146 valence electrons. The second kappa shape index (κ2) is 7.70. The Hall–Kier alpha value is -2.38. The van der Waals surface area contributed by atoms with Crippen molar-refractivity contribution >= 4 is 11.7 Å². The van der Waals surface area contributed by atoms with E-state index in [4.69, 9.17) is 0 Å². The molecule has 3 rings (SSSR count). The lowest BCUT2D eigenvalue weighted by Gasteiger charge is -2.20. The van der Waals surface area contributed by atoms with Crippen molar-refractivity contribution in [1.29, 1.82) is 0 Å². The molecule has 1 saturated carbocycles. The number of halogens is 3. The number of carbonyl (C=O) groups excluding carboxylic acids is 1. The van der Waals surface area contributed by atoms with Crippen LogP contribution in [0.3, 0.4) is 0 Å². The van der Waals surface area contributed by atoms with E-state index in [1.165, 1.54) is 17.8 Å². The average Bonchev–Trinajstić information content (AvgIpc) is 3.23. The highest BCUT2D eigenvalue weighted by molar-refractivity contribution is 5.92. The van der Waals surface area contributed by atoms with Crippen LogP contribution in [0.1, 0.15) is 55.0 Å². The van der Waals surface area contributed by atoms with Gasteiger partial charge in [0.1, 0.15) is 11.9 Å². The first-order valence-electron chi connectivity index (χ1n) is 9.10. The monoisotopic (exact) mass is 380 g/mol. The Morgan fingerprint density at radius 1 is 1.30 bits per heavy atom. The van der Waals surface area contributed by atoms with Crippen molar-refractivity contribution in [3.63, 3.8) is 0 Å². The zero-order valence-corrected chi connectivity index (χ0v) is 15.4. The molecular formula is C19H23F3N4O. The fourth-order valence-corrected chi connectivity index (χ4v) is 3.57. The topological polar surface area (TPSA) is 59.8 Å². The van der Waals surface area contributed by atoms with E-state index in [0.29, 0.717) is 18.2 Å². The first kappa shape index (κ1) is 19.4. The Balaban J connectivity index is 1.86. The minimum atomic E-state index is -4.54. The Kier molecular flexibility index (Phi) is 5.53. The molecule has 5 nitrogen and oxygen atoms in total. The number of anilines is 1. The number of amides is 1. The van der Waals surface area contributed by atoms with Crippen molar-refractivity contribution in [2.24, 2.45) is 5.92 Å². The number of nitrogens with zero attached hydrogens (tertiary/aromatic N) is 3. The van der Waals surface area contributed by atoms with Gasteiger partial charge < -0.3 is 5.32 Å². The molecule has 2 heterocycles. The van der Waals surface area contributed by atoms with Crippen LogP contribution in [0.4, 0.5) is 19.0 Å². The number of hydrogen-bond donors (Lipinski definition) is 1. The van der Waals surface area contributed by atoms with Crippen molar-refractivity contribution < 1.29 is 18.0 Å². The van der Waals surface area contributed by atoms with Gasteiger partial charge in [-0.05, 0) is 43.4 Å². The van der Waals surface area contributed by atoms with E-state index in [0.717, 1.165) is 31.2 Å². The minimum absolute atomic E-state index is 0.0141. The molecule has 1 fully saturated rings. The first-order valence-corrected chi connectivity index (χ1v) is 9.10. The van der Waals surface area contributed by atoms with Crippen LogP contribution in [0.25, 0.3) is 0 Å². The molecule has 0 aliphatic heterocycles. The molecule has 0 bridgehead atoms. The Bertz CT molecular complexity index is 792. The van der Waals surface area contributed by atoms with Crippen molar-refractivity contribution in [3.8, 4) is 0 Å². The number of hydrogen-bond acceptors (Lipinski definition) is 3. The molecule has 27 heavy (non-hydrogen) atoms. The number of rotatable bonds is 5. The summed E-state index contributed by atoms with van der Waals surface area (Å²) >= 11 is 0. The van der Waals surface area contributed by atoms with Gasteiger partial charge in [0.05, 0.1) is 0 Å². The summed E-state index contributed by atoms with van der Waals surface area (Å²) in [4.78, 5) is 17.0. The zero-order chi connectivity index (χ0) is 19.6. The Labute approximate surface area is 156 Å². The molecule has 8 heteroatoms. The summed E-state index contributed by atoms with van der Waals surface area (Å²) in [5.74, 6) is 0.294. The fraction of sp³-hybridized carbons (Fsp3) is 0.526. The number of aryl methyl sites for hydroxylation is 2. The highest BCUT2D eigenvalue weighted by atomic mass is 19.4. The van der Waals surface area contributed by atoms with Gasteiger partial charge in [0.2, 0.25) is 5.91 Å². The highest BCUT2D eigenvalue weighted by Gasteiger charge is 2.37. The van der Waals surface area contributed by atoms with Crippen LogP contribution in [0.15, 0.2) is 24.5 Å². The van der Waals surface area contributed by atoms with Crippen LogP contribution in [0, 0.1) is 19.8 Å². The molecule has 2 aromatic rings. The zero-order valence-electron chi connectivity index (χ0n) is 15.4. The third-order valence-electron chi connectivity index (χ3n) is 5.00. The van der Waals surface area contributed by atoms with Crippen molar-refractivity contribution in [1.82, 2.24) is 14.8 Å².